The molecule has 0 amide bonds. The standard InChI is InChI=1S/C9H16O.C2H6/c1-2-9(10)8-6-4-3-5-7-8;1-2/h8H,2-7H2,1H3;1-2H3. The van der Waals surface area contributed by atoms with Crippen LogP contribution >= 0.6 is 0 Å². The van der Waals surface area contributed by atoms with Crippen molar-refractivity contribution >= 4 is 5.78 Å². The lowest BCUT2D eigenvalue weighted by atomic mass is 9.85. The van der Waals surface area contributed by atoms with Gasteiger partial charge in [-0.1, -0.05) is 40.0 Å². The van der Waals surface area contributed by atoms with E-state index in [1.165, 1.54) is 19.3 Å². The second-order valence-electron chi connectivity index (χ2n) is 3.15. The van der Waals surface area contributed by atoms with Crippen molar-refractivity contribution in [3.05, 3.63) is 0 Å². The molecule has 0 aromatic heterocycles. The fourth-order valence-corrected chi connectivity index (χ4v) is 1.71. The number of hydrogen-bond donors (Lipinski definition) is 0. The smallest absolute Gasteiger partial charge is 0.135 e. The number of rotatable bonds is 2. The SMILES string of the molecule is CC.CCC(=O)C1CCCCC1. The molecule has 0 spiro atoms. The van der Waals surface area contributed by atoms with E-state index in [4.69, 9.17) is 0 Å². The van der Waals surface area contributed by atoms with E-state index in [0.717, 1.165) is 19.3 Å². The Balaban J connectivity index is 0.000000561. The summed E-state index contributed by atoms with van der Waals surface area (Å²) in [6, 6.07) is 0. The van der Waals surface area contributed by atoms with Crippen LogP contribution < -0.4 is 0 Å². The van der Waals surface area contributed by atoms with Crippen LogP contribution in [0.2, 0.25) is 0 Å². The van der Waals surface area contributed by atoms with E-state index in [0.29, 0.717) is 11.7 Å². The molecule has 1 saturated carbocycles. The highest BCUT2D eigenvalue weighted by atomic mass is 16.1. The first-order valence-corrected chi connectivity index (χ1v) is 5.37. The van der Waals surface area contributed by atoms with Gasteiger partial charge in [0.25, 0.3) is 0 Å². The lowest BCUT2D eigenvalue weighted by molar-refractivity contribution is -0.123. The van der Waals surface area contributed by atoms with Gasteiger partial charge < -0.3 is 0 Å². The Morgan fingerprint density at radius 3 is 2.08 bits per heavy atom. The summed E-state index contributed by atoms with van der Waals surface area (Å²) in [5.74, 6) is 0.915. The van der Waals surface area contributed by atoms with Crippen LogP contribution in [-0.2, 0) is 4.79 Å². The van der Waals surface area contributed by atoms with Gasteiger partial charge in [-0.15, -0.1) is 0 Å². The van der Waals surface area contributed by atoms with Crippen molar-refractivity contribution in [2.75, 3.05) is 0 Å². The molecule has 1 nitrogen and oxygen atoms in total. The van der Waals surface area contributed by atoms with Gasteiger partial charge in [0.05, 0.1) is 0 Å². The van der Waals surface area contributed by atoms with Gasteiger partial charge in [-0.25, -0.2) is 0 Å². The normalized spacial score (nSPS) is 17.9. The zero-order valence-corrected chi connectivity index (χ0v) is 8.73. The average molecular weight is 170 g/mol. The first kappa shape index (κ1) is 11.7. The number of hydrogen-bond acceptors (Lipinski definition) is 1. The van der Waals surface area contributed by atoms with Gasteiger partial charge in [0.2, 0.25) is 0 Å². The average Bonchev–Trinajstić information content (AvgIpc) is 2.21. The molecular weight excluding hydrogens is 148 g/mol. The van der Waals surface area contributed by atoms with Gasteiger partial charge in [-0.05, 0) is 12.8 Å². The highest BCUT2D eigenvalue weighted by molar-refractivity contribution is 5.80. The zero-order chi connectivity index (χ0) is 9.40. The van der Waals surface area contributed by atoms with Gasteiger partial charge in [-0.3, -0.25) is 4.79 Å². The van der Waals surface area contributed by atoms with E-state index >= 15 is 0 Å². The van der Waals surface area contributed by atoms with E-state index in [-0.39, 0.29) is 0 Å². The first-order chi connectivity index (χ1) is 5.84. The van der Waals surface area contributed by atoms with Gasteiger partial charge in [0.1, 0.15) is 5.78 Å². The predicted molar refractivity (Wildman–Crippen MR) is 53.2 cm³/mol. The lowest BCUT2D eigenvalue weighted by Gasteiger charge is -2.19. The maximum atomic E-state index is 11.2. The van der Waals surface area contributed by atoms with Gasteiger partial charge in [0.15, 0.2) is 0 Å². The molecule has 1 heteroatoms. The minimum atomic E-state index is 0.429. The van der Waals surface area contributed by atoms with Gasteiger partial charge in [-0.2, -0.15) is 0 Å². The monoisotopic (exact) mass is 170 g/mol. The Kier molecular flexibility index (Phi) is 7.12. The first-order valence-electron chi connectivity index (χ1n) is 5.37. The maximum absolute atomic E-state index is 11.2. The molecule has 0 unspecified atom stereocenters. The molecule has 0 bridgehead atoms. The Morgan fingerprint density at radius 1 is 1.17 bits per heavy atom. The van der Waals surface area contributed by atoms with Crippen LogP contribution in [0.25, 0.3) is 0 Å². The van der Waals surface area contributed by atoms with Crippen LogP contribution in [0.4, 0.5) is 0 Å². The Hall–Kier alpha value is -0.330. The highest BCUT2D eigenvalue weighted by Gasteiger charge is 2.18. The van der Waals surface area contributed by atoms with Crippen LogP contribution in [0.1, 0.15) is 59.3 Å². The molecule has 12 heavy (non-hydrogen) atoms. The minimum absolute atomic E-state index is 0.429. The minimum Gasteiger partial charge on any atom is -0.299 e. The summed E-state index contributed by atoms with van der Waals surface area (Å²) in [5.41, 5.74) is 0. The molecule has 1 fully saturated rings. The van der Waals surface area contributed by atoms with Crippen molar-refractivity contribution in [3.8, 4) is 0 Å². The van der Waals surface area contributed by atoms with Crippen LogP contribution in [0.3, 0.4) is 0 Å². The number of Topliss-reactive ketones (excluding diaryl/α,β-unsaturated/α-hetero) is 1. The highest BCUT2D eigenvalue weighted by Crippen LogP contribution is 2.24. The third-order valence-electron chi connectivity index (χ3n) is 2.41. The van der Waals surface area contributed by atoms with Crippen LogP contribution in [0, 0.1) is 5.92 Å². The maximum Gasteiger partial charge on any atom is 0.135 e. The van der Waals surface area contributed by atoms with Crippen LogP contribution in [-0.4, -0.2) is 5.78 Å². The number of ketones is 1. The molecule has 0 saturated heterocycles. The second kappa shape index (κ2) is 7.33. The molecule has 0 aromatic rings. The summed E-state index contributed by atoms with van der Waals surface area (Å²) in [6.45, 7) is 5.97. The van der Waals surface area contributed by atoms with E-state index in [1.54, 1.807) is 0 Å². The lowest BCUT2D eigenvalue weighted by Crippen LogP contribution is -2.16. The molecule has 72 valence electrons. The summed E-state index contributed by atoms with van der Waals surface area (Å²) in [4.78, 5) is 11.2. The molecule has 0 aromatic carbocycles. The van der Waals surface area contributed by atoms with Crippen molar-refractivity contribution in [1.82, 2.24) is 0 Å². The molecule has 0 atom stereocenters. The van der Waals surface area contributed by atoms with Crippen LogP contribution in [0.15, 0.2) is 0 Å². The largest absolute Gasteiger partial charge is 0.299 e. The van der Waals surface area contributed by atoms with Crippen molar-refractivity contribution in [1.29, 1.82) is 0 Å². The number of carbonyl (C=O) groups is 1. The second-order valence-corrected chi connectivity index (χ2v) is 3.15. The molecular formula is C11H22O. The van der Waals surface area contributed by atoms with Crippen molar-refractivity contribution in [2.45, 2.75) is 59.3 Å². The van der Waals surface area contributed by atoms with Crippen LogP contribution in [0.5, 0.6) is 0 Å². The predicted octanol–water partition coefficient (Wildman–Crippen LogP) is 3.57. The zero-order valence-electron chi connectivity index (χ0n) is 8.73. The summed E-state index contributed by atoms with van der Waals surface area (Å²) in [7, 11) is 0. The summed E-state index contributed by atoms with van der Waals surface area (Å²) in [5, 5.41) is 0. The Morgan fingerprint density at radius 2 is 1.67 bits per heavy atom. The molecule has 0 heterocycles. The molecule has 0 radical (unpaired) electrons. The van der Waals surface area contributed by atoms with E-state index in [1.807, 2.05) is 20.8 Å². The molecule has 0 aliphatic heterocycles. The van der Waals surface area contributed by atoms with Gasteiger partial charge in [0, 0.05) is 12.3 Å². The molecule has 1 aliphatic carbocycles. The third kappa shape index (κ3) is 3.89. The molecule has 0 N–H and O–H groups in total. The summed E-state index contributed by atoms with van der Waals surface area (Å²) >= 11 is 0. The topological polar surface area (TPSA) is 17.1 Å². The van der Waals surface area contributed by atoms with Crippen molar-refractivity contribution in [2.24, 2.45) is 5.92 Å². The van der Waals surface area contributed by atoms with E-state index in [2.05, 4.69) is 0 Å². The van der Waals surface area contributed by atoms with Crippen molar-refractivity contribution in [3.63, 3.8) is 0 Å². The molecule has 1 aliphatic rings. The van der Waals surface area contributed by atoms with E-state index in [9.17, 15) is 4.79 Å². The number of carbonyl (C=O) groups excluding carboxylic acids is 1. The fourth-order valence-electron chi connectivity index (χ4n) is 1.71. The van der Waals surface area contributed by atoms with Crippen molar-refractivity contribution < 1.29 is 4.79 Å². The quantitative estimate of drug-likeness (QED) is 0.619. The summed E-state index contributed by atoms with van der Waals surface area (Å²) in [6.07, 6.45) is 6.95. The van der Waals surface area contributed by atoms with E-state index < -0.39 is 0 Å². The Labute approximate surface area is 76.6 Å². The Bertz CT molecular complexity index is 112. The van der Waals surface area contributed by atoms with Gasteiger partial charge >= 0.3 is 0 Å². The fraction of sp³-hybridized carbons (Fsp3) is 0.909. The summed E-state index contributed by atoms with van der Waals surface area (Å²) < 4.78 is 0. The third-order valence-corrected chi connectivity index (χ3v) is 2.41. The molecule has 1 rings (SSSR count).